The van der Waals surface area contributed by atoms with Crippen LogP contribution < -0.4 is 10.2 Å². The van der Waals surface area contributed by atoms with E-state index in [1.165, 1.54) is 35.1 Å². The van der Waals surface area contributed by atoms with Gasteiger partial charge in [-0.15, -0.1) is 0 Å². The molecule has 1 atom stereocenters. The van der Waals surface area contributed by atoms with Crippen LogP contribution in [0.2, 0.25) is 0 Å². The number of fused-ring (bicyclic) bond motifs is 2. The number of halogens is 6. The average molecular weight is 606 g/mol. The van der Waals surface area contributed by atoms with E-state index in [-0.39, 0.29) is 34.4 Å². The number of nitrogens with zero attached hydrogens (tertiary/aromatic N) is 8. The molecule has 1 N–H and O–H groups in total. The van der Waals surface area contributed by atoms with Crippen molar-refractivity contribution in [3.63, 3.8) is 0 Å². The molecule has 0 radical (unpaired) electrons. The lowest BCUT2D eigenvalue weighted by Crippen LogP contribution is -2.46. The van der Waals surface area contributed by atoms with Crippen molar-refractivity contribution in [1.82, 2.24) is 34.2 Å². The molecule has 4 aromatic rings. The van der Waals surface area contributed by atoms with Gasteiger partial charge in [0.1, 0.15) is 28.6 Å². The fourth-order valence-corrected chi connectivity index (χ4v) is 5.31. The summed E-state index contributed by atoms with van der Waals surface area (Å²) in [6.45, 7) is 4.12. The molecule has 10 nitrogen and oxygen atoms in total. The Morgan fingerprint density at radius 1 is 1.02 bits per heavy atom. The lowest BCUT2D eigenvalue weighted by molar-refractivity contribution is -0.284. The van der Waals surface area contributed by atoms with Crippen LogP contribution in [0.4, 0.5) is 38.0 Å². The number of hydrogen-bond donors (Lipinski definition) is 1. The van der Waals surface area contributed by atoms with Gasteiger partial charge < -0.3 is 19.5 Å². The van der Waals surface area contributed by atoms with E-state index in [4.69, 9.17) is 4.98 Å². The molecule has 6 rings (SSSR count). The van der Waals surface area contributed by atoms with Crippen molar-refractivity contribution in [3.8, 4) is 11.5 Å². The minimum absolute atomic E-state index is 0.0173. The van der Waals surface area contributed by atoms with Gasteiger partial charge in [0, 0.05) is 51.2 Å². The van der Waals surface area contributed by atoms with E-state index < -0.39 is 42.1 Å². The summed E-state index contributed by atoms with van der Waals surface area (Å²) in [4.78, 5) is 39.6. The molecule has 2 aliphatic rings. The first-order chi connectivity index (χ1) is 20.3. The van der Waals surface area contributed by atoms with Crippen molar-refractivity contribution < 1.29 is 31.1 Å². The number of hydrogen-bond acceptors (Lipinski definition) is 8. The number of likely N-dealkylation sites (N-methyl/N-ethyl adjacent to an activating group) is 1. The van der Waals surface area contributed by atoms with Gasteiger partial charge in [0.15, 0.2) is 11.5 Å². The summed E-state index contributed by atoms with van der Waals surface area (Å²) in [5, 5.41) is 2.78. The lowest BCUT2D eigenvalue weighted by atomic mass is 9.80. The van der Waals surface area contributed by atoms with Crippen molar-refractivity contribution in [3.05, 3.63) is 59.7 Å². The van der Waals surface area contributed by atoms with Crippen molar-refractivity contribution in [2.45, 2.75) is 37.3 Å². The van der Waals surface area contributed by atoms with Gasteiger partial charge in [0.2, 0.25) is 5.91 Å². The summed E-state index contributed by atoms with van der Waals surface area (Å²) in [7, 11) is 1.97. The lowest BCUT2D eigenvalue weighted by Gasteiger charge is -2.35. The number of aromatic nitrogens is 6. The number of alkyl halides is 5. The molecule has 0 aliphatic carbocycles. The molecule has 2 aliphatic heterocycles. The minimum atomic E-state index is -5.71. The van der Waals surface area contributed by atoms with E-state index in [1.54, 1.807) is 6.92 Å². The second-order valence-electron chi connectivity index (χ2n) is 10.8. The van der Waals surface area contributed by atoms with Crippen LogP contribution in [-0.4, -0.2) is 85.5 Å². The maximum Gasteiger partial charge on any atom is 0.453 e. The molecule has 6 heterocycles. The Morgan fingerprint density at radius 3 is 2.44 bits per heavy atom. The number of nitrogens with one attached hydrogen (secondary N) is 1. The average Bonchev–Trinajstić information content (AvgIpc) is 3.54. The molecule has 1 fully saturated rings. The van der Waals surface area contributed by atoms with E-state index in [0.717, 1.165) is 6.20 Å². The minimum Gasteiger partial charge on any atom is -0.354 e. The van der Waals surface area contributed by atoms with Crippen LogP contribution in [0.15, 0.2) is 36.9 Å². The van der Waals surface area contributed by atoms with Crippen molar-refractivity contribution in [2.75, 3.05) is 43.4 Å². The maximum atomic E-state index is 13.8. The van der Waals surface area contributed by atoms with Crippen LogP contribution in [0.25, 0.3) is 17.2 Å². The van der Waals surface area contributed by atoms with Crippen LogP contribution >= 0.6 is 0 Å². The quantitative estimate of drug-likeness (QED) is 0.331. The van der Waals surface area contributed by atoms with E-state index in [0.29, 0.717) is 37.6 Å². The number of carbonyl (C=O) groups is 1. The maximum absolute atomic E-state index is 13.8. The monoisotopic (exact) mass is 605 g/mol. The zero-order valence-electron chi connectivity index (χ0n) is 23.0. The highest BCUT2D eigenvalue weighted by atomic mass is 19.4. The molecule has 4 aromatic heterocycles. The van der Waals surface area contributed by atoms with Crippen LogP contribution in [-0.2, 0) is 16.6 Å². The van der Waals surface area contributed by atoms with Gasteiger partial charge in [-0.1, -0.05) is 0 Å². The summed E-state index contributed by atoms with van der Waals surface area (Å²) in [6, 6.07) is 2.63. The second-order valence-corrected chi connectivity index (χ2v) is 10.8. The topological polar surface area (TPSA) is 104 Å². The van der Waals surface area contributed by atoms with Crippen molar-refractivity contribution >= 4 is 23.2 Å². The van der Waals surface area contributed by atoms with Crippen LogP contribution in [0.3, 0.4) is 0 Å². The van der Waals surface area contributed by atoms with Gasteiger partial charge in [-0.2, -0.15) is 22.0 Å². The number of amides is 1. The fraction of sp³-hybridized carbons (Fsp3) is 0.407. The molecule has 43 heavy (non-hydrogen) atoms. The number of rotatable bonds is 6. The van der Waals surface area contributed by atoms with Gasteiger partial charge in [-0.05, 0) is 32.5 Å². The van der Waals surface area contributed by atoms with Crippen LogP contribution in [0, 0.1) is 5.82 Å². The summed E-state index contributed by atoms with van der Waals surface area (Å²) in [6.07, 6.45) is -2.58. The molecular weight excluding hydrogens is 580 g/mol. The third-order valence-corrected chi connectivity index (χ3v) is 7.88. The Morgan fingerprint density at radius 2 is 1.77 bits per heavy atom. The molecule has 0 aromatic carbocycles. The summed E-state index contributed by atoms with van der Waals surface area (Å²) in [5.74, 6) is -5.37. The number of piperazine rings is 1. The smallest absolute Gasteiger partial charge is 0.354 e. The number of carbonyl (C=O) groups excluding carboxylic acids is 1. The first kappa shape index (κ1) is 28.8. The SMILES string of the molecule is CN1CCN(c2nc(-c3cn4ccnc4c(CCC(F)(F)C(F)(F)F)n3)nc3c2C(C)(c2ccc(F)cn2)C(=O)N3)CC1. The van der Waals surface area contributed by atoms with Gasteiger partial charge in [0.25, 0.3) is 0 Å². The van der Waals surface area contributed by atoms with Crippen molar-refractivity contribution in [2.24, 2.45) is 0 Å². The zero-order valence-corrected chi connectivity index (χ0v) is 23.0. The third-order valence-electron chi connectivity index (χ3n) is 7.88. The molecular formula is C27H25F6N9O. The number of imidazole rings is 1. The van der Waals surface area contributed by atoms with Crippen molar-refractivity contribution in [1.29, 1.82) is 0 Å². The van der Waals surface area contributed by atoms with Gasteiger partial charge in [0.05, 0.1) is 23.1 Å². The van der Waals surface area contributed by atoms with E-state index in [2.05, 4.69) is 30.2 Å². The highest BCUT2D eigenvalue weighted by Crippen LogP contribution is 2.46. The highest BCUT2D eigenvalue weighted by Gasteiger charge is 2.56. The molecule has 226 valence electrons. The Bertz CT molecular complexity index is 1700. The van der Waals surface area contributed by atoms with E-state index in [1.807, 2.05) is 11.9 Å². The second kappa shape index (κ2) is 10.1. The first-order valence-corrected chi connectivity index (χ1v) is 13.3. The first-order valence-electron chi connectivity index (χ1n) is 13.3. The Hall–Kier alpha value is -4.34. The molecule has 0 spiro atoms. The Kier molecular flexibility index (Phi) is 6.78. The van der Waals surface area contributed by atoms with Crippen LogP contribution in [0.5, 0.6) is 0 Å². The van der Waals surface area contributed by atoms with E-state index in [9.17, 15) is 31.1 Å². The van der Waals surface area contributed by atoms with Crippen LogP contribution in [0.1, 0.15) is 30.3 Å². The fourth-order valence-electron chi connectivity index (χ4n) is 5.31. The Balaban J connectivity index is 1.48. The molecule has 0 bridgehead atoms. The molecule has 1 amide bonds. The molecule has 0 saturated carbocycles. The molecule has 1 saturated heterocycles. The number of pyridine rings is 1. The number of anilines is 2. The largest absolute Gasteiger partial charge is 0.453 e. The predicted molar refractivity (Wildman–Crippen MR) is 142 cm³/mol. The normalized spacial score (nSPS) is 19.6. The molecule has 16 heteroatoms. The zero-order chi connectivity index (χ0) is 30.7. The Labute approximate surface area is 240 Å². The summed E-state index contributed by atoms with van der Waals surface area (Å²) >= 11 is 0. The summed E-state index contributed by atoms with van der Waals surface area (Å²) in [5.41, 5.74) is -0.569. The summed E-state index contributed by atoms with van der Waals surface area (Å²) < 4.78 is 81.4. The predicted octanol–water partition coefficient (Wildman–Crippen LogP) is 3.86. The van der Waals surface area contributed by atoms with Gasteiger partial charge in [-0.3, -0.25) is 9.78 Å². The van der Waals surface area contributed by atoms with E-state index >= 15 is 0 Å². The van der Waals surface area contributed by atoms with Gasteiger partial charge >= 0.3 is 12.1 Å². The standard InChI is InChI=1S/C27H25F6N9O/c1-25(18-4-3-15(28)13-35-18)19-21(39-24(25)43)37-20(38-23(19)41-11-9-40(2)10-12-41)17-14-42-8-7-34-22(42)16(36-17)5-6-26(29,30)27(31,32)33/h3-4,7-8,13-14H,5-6,9-12H2,1-2H3,(H,37,38,39,43). The highest BCUT2D eigenvalue weighted by molar-refractivity contribution is 6.09. The van der Waals surface area contributed by atoms with Gasteiger partial charge in [-0.25, -0.2) is 24.3 Å². The molecule has 1 unspecified atom stereocenters. The number of aryl methyl sites for hydroxylation is 1. The third kappa shape index (κ3) is 4.92.